The van der Waals surface area contributed by atoms with Gasteiger partial charge in [-0.1, -0.05) is 6.07 Å². The molecule has 184 valence electrons. The molecule has 3 N–H and O–H groups in total. The minimum Gasteiger partial charge on any atom is -0.490 e. The predicted molar refractivity (Wildman–Crippen MR) is 112 cm³/mol. The van der Waals surface area contributed by atoms with Crippen LogP contribution >= 0.6 is 0 Å². The highest BCUT2D eigenvalue weighted by atomic mass is 19.4. The number of benzene rings is 2. The van der Waals surface area contributed by atoms with Gasteiger partial charge in [-0.15, -0.1) is 13.2 Å². The molecule has 0 radical (unpaired) electrons. The number of hydrogen-bond acceptors (Lipinski definition) is 6. The van der Waals surface area contributed by atoms with Crippen molar-refractivity contribution < 1.29 is 49.9 Å². The molecule has 2 aromatic carbocycles. The van der Waals surface area contributed by atoms with Gasteiger partial charge in [0.2, 0.25) is 11.6 Å². The molecule has 0 spiro atoms. The van der Waals surface area contributed by atoms with Gasteiger partial charge in [0.1, 0.15) is 22.8 Å². The fourth-order valence-electron chi connectivity index (χ4n) is 2.78. The molecular weight excluding hydrogens is 481 g/mol. The molecule has 1 aromatic heterocycles. The van der Waals surface area contributed by atoms with E-state index >= 15 is 4.39 Å². The van der Waals surface area contributed by atoms with E-state index in [1.807, 2.05) is 0 Å². The minimum absolute atomic E-state index is 0.0120. The summed E-state index contributed by atoms with van der Waals surface area (Å²) < 4.78 is 103. The summed E-state index contributed by atoms with van der Waals surface area (Å²) in [5.41, 5.74) is 4.23. The van der Waals surface area contributed by atoms with E-state index in [2.05, 4.69) is 19.8 Å². The second-order valence-electron chi connectivity index (χ2n) is 6.78. The lowest BCUT2D eigenvalue weighted by Crippen LogP contribution is -2.18. The van der Waals surface area contributed by atoms with Crippen molar-refractivity contribution in [1.29, 1.82) is 0 Å². The smallest absolute Gasteiger partial charge is 0.490 e. The van der Waals surface area contributed by atoms with Gasteiger partial charge >= 0.3 is 6.36 Å². The maximum Gasteiger partial charge on any atom is 0.573 e. The number of pyridine rings is 1. The van der Waals surface area contributed by atoms with Crippen LogP contribution in [0.1, 0.15) is 30.5 Å². The van der Waals surface area contributed by atoms with Gasteiger partial charge in [-0.05, 0) is 42.8 Å². The third kappa shape index (κ3) is 5.75. The van der Waals surface area contributed by atoms with Gasteiger partial charge in [-0.3, -0.25) is 9.59 Å². The zero-order valence-electron chi connectivity index (χ0n) is 20.5. The number of anilines is 1. The molecule has 0 saturated carbocycles. The Bertz CT molecular complexity index is 1380. The van der Waals surface area contributed by atoms with Gasteiger partial charge in [-0.2, -0.15) is 4.39 Å². The lowest BCUT2D eigenvalue weighted by molar-refractivity contribution is -0.275. The zero-order chi connectivity index (χ0) is 28.4. The number of methoxy groups -OCH3 is 1. The number of hydrogen-bond donors (Lipinski definition) is 2. The first-order valence-electron chi connectivity index (χ1n) is 10.9. The van der Waals surface area contributed by atoms with Crippen molar-refractivity contribution in [2.45, 2.75) is 13.3 Å². The highest BCUT2D eigenvalue weighted by Gasteiger charge is 2.34. The Labute approximate surface area is 198 Å². The quantitative estimate of drug-likeness (QED) is 0.454. The molecule has 2 amide bonds. The predicted octanol–water partition coefficient (Wildman–Crippen LogP) is 4.72. The van der Waals surface area contributed by atoms with Gasteiger partial charge in [0.25, 0.3) is 11.8 Å². The molecule has 13 heteroatoms. The van der Waals surface area contributed by atoms with Gasteiger partial charge < -0.3 is 25.3 Å². The summed E-state index contributed by atoms with van der Waals surface area (Å²) in [4.78, 5) is 27.8. The zero-order valence-corrected chi connectivity index (χ0v) is 17.5. The number of nitrogens with one attached hydrogen (secondary N) is 1. The maximum absolute atomic E-state index is 15.0. The molecule has 0 atom stereocenters. The van der Waals surface area contributed by atoms with Crippen molar-refractivity contribution >= 4 is 17.5 Å². The van der Waals surface area contributed by atoms with E-state index in [0.29, 0.717) is 12.1 Å². The number of carbonyl (C=O) groups excluding carboxylic acids is 2. The fraction of sp³-hybridized carbons (Fsp3) is 0.136. The highest BCUT2D eigenvalue weighted by molar-refractivity contribution is 6.06. The van der Waals surface area contributed by atoms with Crippen LogP contribution in [0.25, 0.3) is 0 Å². The first-order valence-corrected chi connectivity index (χ1v) is 9.37. The second kappa shape index (κ2) is 9.83. The number of halogens is 5. The van der Waals surface area contributed by atoms with Crippen LogP contribution in [0.2, 0.25) is 0 Å². The lowest BCUT2D eigenvalue weighted by atomic mass is 10.1. The Morgan fingerprint density at radius 2 is 1.71 bits per heavy atom. The molecule has 35 heavy (non-hydrogen) atoms. The van der Waals surface area contributed by atoms with Crippen LogP contribution in [0.15, 0.2) is 42.6 Å². The van der Waals surface area contributed by atoms with Crippen molar-refractivity contribution in [1.82, 2.24) is 4.98 Å². The van der Waals surface area contributed by atoms with E-state index < -0.39 is 65.4 Å². The third-order valence-electron chi connectivity index (χ3n) is 4.37. The van der Waals surface area contributed by atoms with Crippen LogP contribution in [0.4, 0.5) is 27.6 Å². The normalized spacial score (nSPS) is 12.7. The number of amides is 2. The van der Waals surface area contributed by atoms with E-state index in [4.69, 9.17) is 14.6 Å². The van der Waals surface area contributed by atoms with Crippen LogP contribution in [-0.4, -0.2) is 30.2 Å². The van der Waals surface area contributed by atoms with Gasteiger partial charge in [-0.25, -0.2) is 9.37 Å². The molecule has 0 unspecified atom stereocenters. The van der Waals surface area contributed by atoms with Crippen molar-refractivity contribution in [3.8, 4) is 23.0 Å². The van der Waals surface area contributed by atoms with Crippen molar-refractivity contribution in [3.63, 3.8) is 0 Å². The molecule has 0 bridgehead atoms. The van der Waals surface area contributed by atoms with E-state index in [-0.39, 0.29) is 16.9 Å². The molecule has 0 aliphatic carbocycles. The summed E-state index contributed by atoms with van der Waals surface area (Å²) in [6, 6.07) is 5.84. The number of alkyl halides is 3. The first-order chi connectivity index (χ1) is 17.6. The Morgan fingerprint density at radius 1 is 1.03 bits per heavy atom. The summed E-state index contributed by atoms with van der Waals surface area (Å²) >= 11 is 0. The summed E-state index contributed by atoms with van der Waals surface area (Å²) in [5.74, 6) is -9.03. The number of ether oxygens (including phenoxy) is 3. The summed E-state index contributed by atoms with van der Waals surface area (Å²) in [6.07, 6.45) is -4.26. The molecule has 0 aliphatic rings. The first kappa shape index (κ1) is 21.1. The number of aryl methyl sites for hydroxylation is 1. The largest absolute Gasteiger partial charge is 0.573 e. The number of carbonyl (C=O) groups is 2. The fourth-order valence-corrected chi connectivity index (χ4v) is 2.78. The number of primary amides is 1. The summed E-state index contributed by atoms with van der Waals surface area (Å²) in [5, 5.41) is 2.30. The van der Waals surface area contributed by atoms with Gasteiger partial charge in [0.15, 0.2) is 11.5 Å². The minimum atomic E-state index is -5.32. The summed E-state index contributed by atoms with van der Waals surface area (Å²) in [7, 11) is -3.35. The van der Waals surface area contributed by atoms with Crippen LogP contribution in [0, 0.1) is 18.6 Å². The average Bonchev–Trinajstić information content (AvgIpc) is 2.79. The molecule has 1 heterocycles. The van der Waals surface area contributed by atoms with E-state index in [9.17, 15) is 27.2 Å². The molecule has 0 saturated heterocycles. The Balaban J connectivity index is 2.04. The van der Waals surface area contributed by atoms with Gasteiger partial charge in [0, 0.05) is 0 Å². The standard InChI is InChI=1S/C22H16F5N3O5/c1-10-3-6-13(34-15-8-7-14(35-22(25,26)27)18(24)19(15)33-2)16(17(10)23)21(32)30-11-4-5-12(20(28)31)29-9-11/h3-9H,1-2H3,(H2,28,31)(H,30,32)/i2D3. The van der Waals surface area contributed by atoms with E-state index in [0.717, 1.165) is 12.3 Å². The van der Waals surface area contributed by atoms with E-state index in [1.54, 1.807) is 0 Å². The number of aromatic nitrogens is 1. The maximum atomic E-state index is 15.0. The van der Waals surface area contributed by atoms with Gasteiger partial charge in [0.05, 0.1) is 23.0 Å². The molecule has 0 fully saturated rings. The topological polar surface area (TPSA) is 113 Å². The monoisotopic (exact) mass is 500 g/mol. The highest BCUT2D eigenvalue weighted by Crippen LogP contribution is 2.41. The number of nitrogens with zero attached hydrogens (tertiary/aromatic N) is 1. The van der Waals surface area contributed by atoms with Crippen molar-refractivity contribution in [3.05, 3.63) is 71.1 Å². The molecule has 0 aliphatic heterocycles. The van der Waals surface area contributed by atoms with Crippen LogP contribution in [0.3, 0.4) is 0 Å². The SMILES string of the molecule is [2H]C([2H])([2H])Oc1c(Oc2ccc(C)c(F)c2C(=O)Nc2ccc(C(N)=O)nc2)ccc(OC(F)(F)F)c1F. The van der Waals surface area contributed by atoms with Crippen LogP contribution in [-0.2, 0) is 0 Å². The molecule has 8 nitrogen and oxygen atoms in total. The molecular formula is C22H16F5N3O5. The van der Waals surface area contributed by atoms with Crippen LogP contribution in [0.5, 0.6) is 23.0 Å². The van der Waals surface area contributed by atoms with Crippen molar-refractivity contribution in [2.24, 2.45) is 5.73 Å². The Kier molecular flexibility index (Phi) is 5.94. The lowest BCUT2D eigenvalue weighted by Gasteiger charge is -2.17. The van der Waals surface area contributed by atoms with Crippen LogP contribution < -0.4 is 25.3 Å². The molecule has 3 rings (SSSR count). The Morgan fingerprint density at radius 3 is 2.31 bits per heavy atom. The second-order valence-corrected chi connectivity index (χ2v) is 6.78. The average molecular weight is 500 g/mol. The van der Waals surface area contributed by atoms with E-state index in [1.165, 1.54) is 25.1 Å². The summed E-state index contributed by atoms with van der Waals surface area (Å²) in [6.45, 7) is 1.31. The number of nitrogens with two attached hydrogens (primary N) is 1. The number of rotatable bonds is 7. The third-order valence-corrected chi connectivity index (χ3v) is 4.37. The Hall–Kier alpha value is -4.42. The van der Waals surface area contributed by atoms with Crippen molar-refractivity contribution in [2.75, 3.05) is 12.4 Å². The molecule has 3 aromatic rings.